The highest BCUT2D eigenvalue weighted by Crippen LogP contribution is 2.27. The Morgan fingerprint density at radius 3 is 2.45 bits per heavy atom. The highest BCUT2D eigenvalue weighted by molar-refractivity contribution is 6.04. The Morgan fingerprint density at radius 1 is 1.03 bits per heavy atom. The molecule has 0 unspecified atom stereocenters. The molecule has 1 fully saturated rings. The molecule has 0 N–H and O–H groups in total. The van der Waals surface area contributed by atoms with Crippen LogP contribution in [-0.2, 0) is 0 Å². The molecule has 5 heteroatoms. The van der Waals surface area contributed by atoms with Crippen LogP contribution in [0.3, 0.4) is 0 Å². The number of nitrogens with zero attached hydrogens (tertiary/aromatic N) is 3. The van der Waals surface area contributed by atoms with Gasteiger partial charge in [-0.05, 0) is 70.0 Å². The van der Waals surface area contributed by atoms with E-state index in [0.717, 1.165) is 47.2 Å². The largest absolute Gasteiger partial charge is 0.475 e. The Kier molecular flexibility index (Phi) is 5.67. The van der Waals surface area contributed by atoms with Gasteiger partial charge in [0.1, 0.15) is 6.61 Å². The van der Waals surface area contributed by atoms with E-state index in [1.54, 1.807) is 0 Å². The molecular formula is C24H29N3O2. The maximum Gasteiger partial charge on any atom is 0.279 e. The van der Waals surface area contributed by atoms with Gasteiger partial charge in [-0.1, -0.05) is 36.2 Å². The summed E-state index contributed by atoms with van der Waals surface area (Å²) in [5, 5.41) is 5.46. The van der Waals surface area contributed by atoms with Crippen LogP contribution < -0.4 is 4.74 Å². The zero-order chi connectivity index (χ0) is 20.4. The number of benzene rings is 2. The van der Waals surface area contributed by atoms with Gasteiger partial charge in [0.15, 0.2) is 0 Å². The normalized spacial score (nSPS) is 15.0. The summed E-state index contributed by atoms with van der Waals surface area (Å²) in [4.78, 5) is 15.8. The van der Waals surface area contributed by atoms with Crippen LogP contribution in [0.15, 0.2) is 36.4 Å². The second-order valence-corrected chi connectivity index (χ2v) is 8.06. The Morgan fingerprint density at radius 2 is 1.72 bits per heavy atom. The number of carbonyl (C=O) groups excluding carboxylic acids is 1. The van der Waals surface area contributed by atoms with Gasteiger partial charge >= 0.3 is 0 Å². The van der Waals surface area contributed by atoms with Gasteiger partial charge in [-0.2, -0.15) is 4.68 Å². The molecule has 4 rings (SSSR count). The topological polar surface area (TPSA) is 47.4 Å². The number of piperidine rings is 1. The Balaban J connectivity index is 1.61. The van der Waals surface area contributed by atoms with Crippen LogP contribution >= 0.6 is 0 Å². The van der Waals surface area contributed by atoms with E-state index in [-0.39, 0.29) is 5.91 Å². The summed E-state index contributed by atoms with van der Waals surface area (Å²) in [6, 6.07) is 11.9. The molecule has 0 spiro atoms. The van der Waals surface area contributed by atoms with E-state index in [1.807, 2.05) is 57.2 Å². The first kappa shape index (κ1) is 19.6. The van der Waals surface area contributed by atoms with Crippen molar-refractivity contribution in [3.63, 3.8) is 0 Å². The van der Waals surface area contributed by atoms with Crippen molar-refractivity contribution >= 4 is 16.8 Å². The fourth-order valence-electron chi connectivity index (χ4n) is 4.38. The molecule has 0 amide bonds. The number of para-hydroxylation sites is 1. The average molecular weight is 392 g/mol. The van der Waals surface area contributed by atoms with E-state index in [1.165, 1.54) is 23.9 Å². The molecule has 1 aliphatic rings. The van der Waals surface area contributed by atoms with E-state index in [2.05, 4.69) is 10.00 Å². The third-order valence-electron chi connectivity index (χ3n) is 5.73. The SMILES string of the molecule is Cc1cc(C)c(C(=O)n2nc(OCCN3CCCCC3)c3ccccc32)c(C)c1. The number of hydrogen-bond donors (Lipinski definition) is 0. The molecular weight excluding hydrogens is 362 g/mol. The lowest BCUT2D eigenvalue weighted by atomic mass is 9.99. The Bertz CT molecular complexity index is 1010. The number of rotatable bonds is 5. The summed E-state index contributed by atoms with van der Waals surface area (Å²) in [5.41, 5.74) is 4.59. The molecule has 5 nitrogen and oxygen atoms in total. The monoisotopic (exact) mass is 391 g/mol. The Labute approximate surface area is 172 Å². The van der Waals surface area contributed by atoms with Crippen molar-refractivity contribution in [2.45, 2.75) is 40.0 Å². The molecule has 1 saturated heterocycles. The predicted octanol–water partition coefficient (Wildman–Crippen LogP) is 4.51. The molecule has 152 valence electrons. The molecule has 29 heavy (non-hydrogen) atoms. The van der Waals surface area contributed by atoms with Crippen LogP contribution in [0.25, 0.3) is 10.9 Å². The van der Waals surface area contributed by atoms with Gasteiger partial charge in [-0.15, -0.1) is 5.10 Å². The van der Waals surface area contributed by atoms with E-state index < -0.39 is 0 Å². The summed E-state index contributed by atoms with van der Waals surface area (Å²) in [6.07, 6.45) is 3.86. The van der Waals surface area contributed by atoms with Crippen LogP contribution in [-0.4, -0.2) is 46.8 Å². The van der Waals surface area contributed by atoms with Crippen molar-refractivity contribution in [1.29, 1.82) is 0 Å². The minimum Gasteiger partial charge on any atom is -0.475 e. The van der Waals surface area contributed by atoms with Gasteiger partial charge in [0.05, 0.1) is 10.9 Å². The quantitative estimate of drug-likeness (QED) is 0.642. The average Bonchev–Trinajstić information content (AvgIpc) is 3.07. The minimum atomic E-state index is -0.109. The van der Waals surface area contributed by atoms with Gasteiger partial charge in [-0.3, -0.25) is 9.69 Å². The first-order chi connectivity index (χ1) is 14.0. The number of hydrogen-bond acceptors (Lipinski definition) is 4. The first-order valence-corrected chi connectivity index (χ1v) is 10.5. The number of aryl methyl sites for hydroxylation is 3. The smallest absolute Gasteiger partial charge is 0.279 e. The van der Waals surface area contributed by atoms with Crippen LogP contribution in [0.5, 0.6) is 5.88 Å². The first-order valence-electron chi connectivity index (χ1n) is 10.5. The zero-order valence-corrected chi connectivity index (χ0v) is 17.6. The number of ether oxygens (including phenoxy) is 1. The van der Waals surface area contributed by atoms with Crippen molar-refractivity contribution < 1.29 is 9.53 Å². The molecule has 0 radical (unpaired) electrons. The van der Waals surface area contributed by atoms with Crippen molar-refractivity contribution in [2.75, 3.05) is 26.2 Å². The fraction of sp³-hybridized carbons (Fsp3) is 0.417. The van der Waals surface area contributed by atoms with Crippen LogP contribution in [0, 0.1) is 20.8 Å². The van der Waals surface area contributed by atoms with Gasteiger partial charge < -0.3 is 4.74 Å². The molecule has 1 aromatic heterocycles. The standard InChI is InChI=1S/C24H29N3O2/c1-17-15-18(2)22(19(3)16-17)24(28)27-21-10-6-5-9-20(21)23(25-27)29-14-13-26-11-7-4-8-12-26/h5-6,9-10,15-16H,4,7-8,11-14H2,1-3H3. The number of fused-ring (bicyclic) bond motifs is 1. The van der Waals surface area contributed by atoms with E-state index in [4.69, 9.17) is 4.74 Å². The van der Waals surface area contributed by atoms with E-state index >= 15 is 0 Å². The second-order valence-electron chi connectivity index (χ2n) is 8.06. The lowest BCUT2D eigenvalue weighted by Gasteiger charge is -2.25. The van der Waals surface area contributed by atoms with E-state index in [0.29, 0.717) is 18.1 Å². The van der Waals surface area contributed by atoms with Gasteiger partial charge in [0.2, 0.25) is 5.88 Å². The fourth-order valence-corrected chi connectivity index (χ4v) is 4.38. The molecule has 0 bridgehead atoms. The van der Waals surface area contributed by atoms with Gasteiger partial charge in [0, 0.05) is 12.1 Å². The molecule has 0 aliphatic carbocycles. The second kappa shape index (κ2) is 8.37. The number of likely N-dealkylation sites (tertiary alicyclic amines) is 1. The minimum absolute atomic E-state index is 0.109. The summed E-state index contributed by atoms with van der Waals surface area (Å²) in [6.45, 7) is 9.77. The van der Waals surface area contributed by atoms with Crippen LogP contribution in [0.2, 0.25) is 0 Å². The third-order valence-corrected chi connectivity index (χ3v) is 5.73. The Hall–Kier alpha value is -2.66. The summed E-state index contributed by atoms with van der Waals surface area (Å²) < 4.78 is 7.54. The predicted molar refractivity (Wildman–Crippen MR) is 116 cm³/mol. The summed E-state index contributed by atoms with van der Waals surface area (Å²) in [5.74, 6) is 0.426. The van der Waals surface area contributed by atoms with Gasteiger partial charge in [-0.25, -0.2) is 0 Å². The highest BCUT2D eigenvalue weighted by atomic mass is 16.5. The maximum atomic E-state index is 13.4. The summed E-state index contributed by atoms with van der Waals surface area (Å²) in [7, 11) is 0. The van der Waals surface area contributed by atoms with Gasteiger partial charge in [0.25, 0.3) is 5.91 Å². The van der Waals surface area contributed by atoms with Crippen molar-refractivity contribution in [3.8, 4) is 5.88 Å². The molecule has 0 saturated carbocycles. The van der Waals surface area contributed by atoms with Crippen LogP contribution in [0.1, 0.15) is 46.3 Å². The lowest BCUT2D eigenvalue weighted by Crippen LogP contribution is -2.33. The molecule has 3 aromatic rings. The molecule has 2 aromatic carbocycles. The zero-order valence-electron chi connectivity index (χ0n) is 17.6. The molecule has 1 aliphatic heterocycles. The third kappa shape index (κ3) is 4.06. The molecule has 0 atom stereocenters. The van der Waals surface area contributed by atoms with Crippen molar-refractivity contribution in [3.05, 3.63) is 58.7 Å². The number of carbonyl (C=O) groups is 1. The van der Waals surface area contributed by atoms with Crippen molar-refractivity contribution in [1.82, 2.24) is 14.7 Å². The van der Waals surface area contributed by atoms with Crippen LogP contribution in [0.4, 0.5) is 0 Å². The lowest BCUT2D eigenvalue weighted by molar-refractivity contribution is 0.0946. The molecule has 2 heterocycles. The number of aromatic nitrogens is 2. The highest BCUT2D eigenvalue weighted by Gasteiger charge is 2.21. The maximum absolute atomic E-state index is 13.4. The van der Waals surface area contributed by atoms with Crippen molar-refractivity contribution in [2.24, 2.45) is 0 Å². The van der Waals surface area contributed by atoms with E-state index in [9.17, 15) is 4.79 Å². The summed E-state index contributed by atoms with van der Waals surface area (Å²) >= 11 is 0.